The number of benzene rings is 2. The third-order valence-electron chi connectivity index (χ3n) is 4.48. The van der Waals surface area contributed by atoms with Crippen LogP contribution in [0.5, 0.6) is 0 Å². The van der Waals surface area contributed by atoms with Crippen LogP contribution in [0.2, 0.25) is 0 Å². The SMILES string of the molecule is CC(C)CNC(=O)c1c(N)n(-c2ccc(Br)cc2)c2nc3ccccc3nc12. The summed E-state index contributed by atoms with van der Waals surface area (Å²) in [6, 6.07) is 15.3. The summed E-state index contributed by atoms with van der Waals surface area (Å²) in [5.41, 5.74) is 10.2. The molecular weight excluding hydrogens is 418 g/mol. The number of anilines is 1. The fourth-order valence-corrected chi connectivity index (χ4v) is 3.39. The van der Waals surface area contributed by atoms with Crippen molar-refractivity contribution in [1.29, 1.82) is 0 Å². The van der Waals surface area contributed by atoms with E-state index in [1.807, 2.05) is 62.4 Å². The summed E-state index contributed by atoms with van der Waals surface area (Å²) in [6.45, 7) is 4.65. The number of carbonyl (C=O) groups excluding carboxylic acids is 1. The molecule has 0 aliphatic rings. The van der Waals surface area contributed by atoms with Gasteiger partial charge in [-0.3, -0.25) is 9.36 Å². The number of amides is 1. The highest BCUT2D eigenvalue weighted by Gasteiger charge is 2.24. The van der Waals surface area contributed by atoms with Gasteiger partial charge in [-0.25, -0.2) is 9.97 Å². The van der Waals surface area contributed by atoms with Crippen molar-refractivity contribution >= 4 is 49.9 Å². The molecule has 0 saturated heterocycles. The molecule has 28 heavy (non-hydrogen) atoms. The summed E-state index contributed by atoms with van der Waals surface area (Å²) >= 11 is 3.45. The molecule has 0 saturated carbocycles. The van der Waals surface area contributed by atoms with E-state index in [1.165, 1.54) is 0 Å². The second kappa shape index (κ2) is 7.24. The normalized spacial score (nSPS) is 11.4. The summed E-state index contributed by atoms with van der Waals surface area (Å²) in [5.74, 6) is 0.419. The molecule has 0 aliphatic heterocycles. The minimum atomic E-state index is -0.239. The highest BCUT2D eigenvalue weighted by atomic mass is 79.9. The maximum atomic E-state index is 12.9. The number of halogens is 1. The zero-order chi connectivity index (χ0) is 19.8. The minimum absolute atomic E-state index is 0.239. The number of aromatic nitrogens is 3. The Balaban J connectivity index is 1.99. The van der Waals surface area contributed by atoms with Crippen LogP contribution in [0.4, 0.5) is 5.82 Å². The van der Waals surface area contributed by atoms with E-state index in [-0.39, 0.29) is 5.91 Å². The highest BCUT2D eigenvalue weighted by Crippen LogP contribution is 2.31. The minimum Gasteiger partial charge on any atom is -0.384 e. The van der Waals surface area contributed by atoms with Gasteiger partial charge in [0.1, 0.15) is 16.9 Å². The molecule has 6 nitrogen and oxygen atoms in total. The lowest BCUT2D eigenvalue weighted by atomic mass is 10.2. The standard InChI is InChI=1S/C21H20BrN5O/c1-12(2)11-24-21(28)17-18-20(26-16-6-4-3-5-15(16)25-18)27(19(17)23)14-9-7-13(22)8-10-14/h3-10,12H,11,23H2,1-2H3,(H,24,28). The molecule has 0 spiro atoms. The molecule has 7 heteroatoms. The van der Waals surface area contributed by atoms with Crippen LogP contribution < -0.4 is 11.1 Å². The summed E-state index contributed by atoms with van der Waals surface area (Å²) in [7, 11) is 0. The van der Waals surface area contributed by atoms with Crippen LogP contribution in [0.3, 0.4) is 0 Å². The fraction of sp³-hybridized carbons (Fsp3) is 0.190. The van der Waals surface area contributed by atoms with Gasteiger partial charge in [0.25, 0.3) is 5.91 Å². The maximum absolute atomic E-state index is 12.9. The van der Waals surface area contributed by atoms with Gasteiger partial charge in [0.2, 0.25) is 0 Å². The summed E-state index contributed by atoms with van der Waals surface area (Å²) < 4.78 is 2.74. The largest absolute Gasteiger partial charge is 0.384 e. The molecule has 0 radical (unpaired) electrons. The molecular formula is C21H20BrN5O. The van der Waals surface area contributed by atoms with Crippen molar-refractivity contribution in [3.63, 3.8) is 0 Å². The number of nitrogens with two attached hydrogens (primary N) is 1. The van der Waals surface area contributed by atoms with Crippen LogP contribution in [-0.4, -0.2) is 27.0 Å². The predicted octanol–water partition coefficient (Wildman–Crippen LogP) is 4.30. The summed E-state index contributed by atoms with van der Waals surface area (Å²) in [4.78, 5) is 22.4. The average molecular weight is 438 g/mol. The quantitative estimate of drug-likeness (QED) is 0.498. The van der Waals surface area contributed by atoms with Gasteiger partial charge in [-0.05, 0) is 42.3 Å². The number of carbonyl (C=O) groups is 1. The topological polar surface area (TPSA) is 85.8 Å². The number of hydrogen-bond acceptors (Lipinski definition) is 4. The molecule has 142 valence electrons. The Kier molecular flexibility index (Phi) is 4.77. The van der Waals surface area contributed by atoms with Crippen molar-refractivity contribution in [2.45, 2.75) is 13.8 Å². The smallest absolute Gasteiger partial charge is 0.257 e. The number of nitrogens with one attached hydrogen (secondary N) is 1. The monoisotopic (exact) mass is 437 g/mol. The first-order valence-corrected chi connectivity index (χ1v) is 9.86. The van der Waals surface area contributed by atoms with E-state index >= 15 is 0 Å². The Morgan fingerprint density at radius 2 is 1.75 bits per heavy atom. The van der Waals surface area contributed by atoms with Gasteiger partial charge in [0, 0.05) is 16.7 Å². The first-order chi connectivity index (χ1) is 13.5. The third-order valence-corrected chi connectivity index (χ3v) is 5.01. The zero-order valence-corrected chi connectivity index (χ0v) is 17.2. The average Bonchev–Trinajstić information content (AvgIpc) is 2.96. The van der Waals surface area contributed by atoms with Crippen LogP contribution in [0.1, 0.15) is 24.2 Å². The summed E-state index contributed by atoms with van der Waals surface area (Å²) in [6.07, 6.45) is 0. The number of hydrogen-bond donors (Lipinski definition) is 2. The summed E-state index contributed by atoms with van der Waals surface area (Å²) in [5, 5.41) is 2.95. The van der Waals surface area contributed by atoms with Gasteiger partial charge in [0.05, 0.1) is 11.0 Å². The van der Waals surface area contributed by atoms with E-state index in [1.54, 1.807) is 4.57 Å². The molecule has 2 aromatic heterocycles. The lowest BCUT2D eigenvalue weighted by molar-refractivity contribution is 0.0951. The van der Waals surface area contributed by atoms with Gasteiger partial charge in [-0.1, -0.05) is 41.9 Å². The molecule has 1 amide bonds. The van der Waals surface area contributed by atoms with Gasteiger partial charge >= 0.3 is 0 Å². The Morgan fingerprint density at radius 1 is 1.11 bits per heavy atom. The van der Waals surface area contributed by atoms with Crippen molar-refractivity contribution in [1.82, 2.24) is 19.9 Å². The molecule has 3 N–H and O–H groups in total. The lowest BCUT2D eigenvalue weighted by Gasteiger charge is -2.09. The Hall–Kier alpha value is -2.93. The molecule has 0 fully saturated rings. The number of nitrogen functional groups attached to an aromatic ring is 1. The van der Waals surface area contributed by atoms with E-state index in [2.05, 4.69) is 21.2 Å². The Labute approximate surface area is 170 Å². The molecule has 0 unspecified atom stereocenters. The molecule has 4 rings (SSSR count). The zero-order valence-electron chi connectivity index (χ0n) is 15.6. The molecule has 2 heterocycles. The fourth-order valence-electron chi connectivity index (χ4n) is 3.12. The molecule has 0 aliphatic carbocycles. The van der Waals surface area contributed by atoms with Gasteiger partial charge in [0.15, 0.2) is 5.65 Å². The van der Waals surface area contributed by atoms with Crippen LogP contribution in [0.15, 0.2) is 53.0 Å². The van der Waals surface area contributed by atoms with Crippen LogP contribution >= 0.6 is 15.9 Å². The third kappa shape index (κ3) is 3.22. The van der Waals surface area contributed by atoms with E-state index in [0.29, 0.717) is 35.0 Å². The van der Waals surface area contributed by atoms with Crippen molar-refractivity contribution in [2.75, 3.05) is 12.3 Å². The van der Waals surface area contributed by atoms with E-state index < -0.39 is 0 Å². The first-order valence-electron chi connectivity index (χ1n) is 9.06. The van der Waals surface area contributed by atoms with Crippen molar-refractivity contribution in [3.05, 3.63) is 58.6 Å². The van der Waals surface area contributed by atoms with Crippen molar-refractivity contribution in [3.8, 4) is 5.69 Å². The predicted molar refractivity (Wildman–Crippen MR) is 116 cm³/mol. The Bertz CT molecular complexity index is 1180. The van der Waals surface area contributed by atoms with Crippen LogP contribution in [-0.2, 0) is 0 Å². The second-order valence-electron chi connectivity index (χ2n) is 7.06. The lowest BCUT2D eigenvalue weighted by Crippen LogP contribution is -2.28. The number of nitrogens with zero attached hydrogens (tertiary/aromatic N) is 3. The van der Waals surface area contributed by atoms with E-state index in [4.69, 9.17) is 15.7 Å². The van der Waals surface area contributed by atoms with E-state index in [0.717, 1.165) is 21.2 Å². The van der Waals surface area contributed by atoms with Gasteiger partial charge < -0.3 is 11.1 Å². The first kappa shape index (κ1) is 18.4. The van der Waals surface area contributed by atoms with Gasteiger partial charge in [-0.2, -0.15) is 0 Å². The van der Waals surface area contributed by atoms with Crippen molar-refractivity contribution in [2.24, 2.45) is 5.92 Å². The molecule has 4 aromatic rings. The van der Waals surface area contributed by atoms with Crippen LogP contribution in [0, 0.1) is 5.92 Å². The number of fused-ring (bicyclic) bond motifs is 2. The highest BCUT2D eigenvalue weighted by molar-refractivity contribution is 9.10. The van der Waals surface area contributed by atoms with Gasteiger partial charge in [-0.15, -0.1) is 0 Å². The number of para-hydroxylation sites is 2. The molecule has 2 aromatic carbocycles. The van der Waals surface area contributed by atoms with Crippen LogP contribution in [0.25, 0.3) is 27.9 Å². The maximum Gasteiger partial charge on any atom is 0.257 e. The number of rotatable bonds is 4. The second-order valence-corrected chi connectivity index (χ2v) is 7.98. The van der Waals surface area contributed by atoms with E-state index in [9.17, 15) is 4.79 Å². The van der Waals surface area contributed by atoms with Crippen molar-refractivity contribution < 1.29 is 4.79 Å². The molecule has 0 bridgehead atoms. The Morgan fingerprint density at radius 3 is 2.39 bits per heavy atom. The molecule has 0 atom stereocenters.